The summed E-state index contributed by atoms with van der Waals surface area (Å²) in [6, 6.07) is 30.1. The number of nitrogens with zero attached hydrogens (tertiary/aromatic N) is 3. The van der Waals surface area contributed by atoms with Gasteiger partial charge in [0.25, 0.3) is 0 Å². The highest BCUT2D eigenvalue weighted by Gasteiger charge is 2.15. The van der Waals surface area contributed by atoms with Crippen LogP contribution in [-0.2, 0) is 10.0 Å². The Kier molecular flexibility index (Phi) is 7.83. The lowest BCUT2D eigenvalue weighted by atomic mass is 10.0. The smallest absolute Gasteiger partial charge is 0.240 e. The standard InChI is InChI=1S/C29H26ClN5O2S/c30-24-12-14-26(15-13-24)38(36,37)33-18-7-17-31-28-20-23(16-19-32-28)27-21-35(25-10-5-2-6-11-25)34-29(27)22-8-3-1-4-9-22/h1-6,8-16,19-21,33H,7,17-18H2,(H,31,32). The van der Waals surface area contributed by atoms with Gasteiger partial charge in [-0.1, -0.05) is 60.1 Å². The van der Waals surface area contributed by atoms with E-state index in [9.17, 15) is 8.42 Å². The van der Waals surface area contributed by atoms with E-state index in [1.807, 2.05) is 83.7 Å². The van der Waals surface area contributed by atoms with Crippen molar-refractivity contribution in [3.05, 3.63) is 114 Å². The van der Waals surface area contributed by atoms with E-state index in [2.05, 4.69) is 15.0 Å². The molecule has 0 aliphatic carbocycles. The fourth-order valence-corrected chi connectivity index (χ4v) is 5.21. The molecule has 38 heavy (non-hydrogen) atoms. The van der Waals surface area contributed by atoms with Crippen LogP contribution in [0.15, 0.2) is 114 Å². The minimum Gasteiger partial charge on any atom is -0.370 e. The average molecular weight is 544 g/mol. The summed E-state index contributed by atoms with van der Waals surface area (Å²) < 4.78 is 29.4. The van der Waals surface area contributed by atoms with E-state index in [4.69, 9.17) is 16.7 Å². The quantitative estimate of drug-likeness (QED) is 0.210. The molecule has 192 valence electrons. The van der Waals surface area contributed by atoms with Crippen molar-refractivity contribution in [1.29, 1.82) is 0 Å². The molecule has 5 rings (SSSR count). The molecule has 0 aliphatic heterocycles. The Hall–Kier alpha value is -3.98. The zero-order chi connectivity index (χ0) is 26.4. The molecule has 0 spiro atoms. The Bertz CT molecular complexity index is 1610. The summed E-state index contributed by atoms with van der Waals surface area (Å²) >= 11 is 5.85. The number of nitrogens with one attached hydrogen (secondary N) is 2. The van der Waals surface area contributed by atoms with Crippen LogP contribution in [0.2, 0.25) is 5.02 Å². The van der Waals surface area contributed by atoms with Gasteiger partial charge in [-0.05, 0) is 60.5 Å². The Morgan fingerprint density at radius 2 is 1.53 bits per heavy atom. The van der Waals surface area contributed by atoms with Crippen molar-refractivity contribution in [3.63, 3.8) is 0 Å². The molecule has 7 nitrogen and oxygen atoms in total. The van der Waals surface area contributed by atoms with Crippen molar-refractivity contribution < 1.29 is 8.42 Å². The number of hydrogen-bond donors (Lipinski definition) is 2. The van der Waals surface area contributed by atoms with Gasteiger partial charge in [-0.2, -0.15) is 5.10 Å². The summed E-state index contributed by atoms with van der Waals surface area (Å²) in [6.45, 7) is 0.841. The Balaban J connectivity index is 1.28. The van der Waals surface area contributed by atoms with Crippen LogP contribution in [0.25, 0.3) is 28.1 Å². The molecular weight excluding hydrogens is 518 g/mol. The minimum absolute atomic E-state index is 0.189. The number of anilines is 1. The second-order valence-electron chi connectivity index (χ2n) is 8.60. The first-order valence-corrected chi connectivity index (χ1v) is 14.0. The summed E-state index contributed by atoms with van der Waals surface area (Å²) in [5.41, 5.74) is 4.84. The monoisotopic (exact) mass is 543 g/mol. The summed E-state index contributed by atoms with van der Waals surface area (Å²) in [4.78, 5) is 4.63. The lowest BCUT2D eigenvalue weighted by molar-refractivity contribution is 0.580. The van der Waals surface area contributed by atoms with Crippen LogP contribution in [0, 0.1) is 0 Å². The molecule has 0 fully saturated rings. The number of hydrogen-bond acceptors (Lipinski definition) is 5. The first kappa shape index (κ1) is 25.7. The molecule has 0 aliphatic rings. The Morgan fingerprint density at radius 3 is 2.26 bits per heavy atom. The van der Waals surface area contributed by atoms with Gasteiger partial charge in [-0.3, -0.25) is 0 Å². The number of rotatable bonds is 10. The van der Waals surface area contributed by atoms with E-state index >= 15 is 0 Å². The van der Waals surface area contributed by atoms with Gasteiger partial charge >= 0.3 is 0 Å². The van der Waals surface area contributed by atoms with Gasteiger partial charge in [0.1, 0.15) is 11.5 Å². The Morgan fingerprint density at radius 1 is 0.816 bits per heavy atom. The molecule has 0 unspecified atom stereocenters. The second-order valence-corrected chi connectivity index (χ2v) is 10.8. The van der Waals surface area contributed by atoms with Crippen LogP contribution in [0.3, 0.4) is 0 Å². The molecule has 0 bridgehead atoms. The van der Waals surface area contributed by atoms with Gasteiger partial charge in [0.05, 0.1) is 10.6 Å². The molecule has 3 aromatic carbocycles. The van der Waals surface area contributed by atoms with Crippen molar-refractivity contribution in [2.24, 2.45) is 0 Å². The maximum Gasteiger partial charge on any atom is 0.240 e. The fourth-order valence-electron chi connectivity index (χ4n) is 4.01. The maximum atomic E-state index is 12.4. The van der Waals surface area contributed by atoms with E-state index in [-0.39, 0.29) is 4.90 Å². The first-order chi connectivity index (χ1) is 18.5. The normalized spacial score (nSPS) is 11.4. The number of pyridine rings is 1. The third kappa shape index (κ3) is 6.11. The molecule has 0 radical (unpaired) electrons. The zero-order valence-corrected chi connectivity index (χ0v) is 22.0. The molecule has 2 aromatic heterocycles. The van der Waals surface area contributed by atoms with E-state index < -0.39 is 10.0 Å². The molecule has 0 saturated carbocycles. The van der Waals surface area contributed by atoms with Gasteiger partial charge < -0.3 is 5.32 Å². The lowest BCUT2D eigenvalue weighted by Gasteiger charge is -2.09. The van der Waals surface area contributed by atoms with E-state index in [0.717, 1.165) is 28.1 Å². The third-order valence-electron chi connectivity index (χ3n) is 5.93. The van der Waals surface area contributed by atoms with Crippen LogP contribution in [0.5, 0.6) is 0 Å². The highest BCUT2D eigenvalue weighted by molar-refractivity contribution is 7.89. The van der Waals surface area contributed by atoms with Gasteiger partial charge in [-0.25, -0.2) is 22.8 Å². The third-order valence-corrected chi connectivity index (χ3v) is 7.66. The number of para-hydroxylation sites is 1. The number of aromatic nitrogens is 3. The minimum atomic E-state index is -3.58. The first-order valence-electron chi connectivity index (χ1n) is 12.2. The van der Waals surface area contributed by atoms with Crippen molar-refractivity contribution >= 4 is 27.4 Å². The molecule has 9 heteroatoms. The number of benzene rings is 3. The van der Waals surface area contributed by atoms with Crippen LogP contribution >= 0.6 is 11.6 Å². The van der Waals surface area contributed by atoms with Crippen molar-refractivity contribution in [2.45, 2.75) is 11.3 Å². The van der Waals surface area contributed by atoms with Crippen molar-refractivity contribution in [1.82, 2.24) is 19.5 Å². The molecule has 0 saturated heterocycles. The van der Waals surface area contributed by atoms with Crippen LogP contribution < -0.4 is 10.0 Å². The molecule has 2 N–H and O–H groups in total. The van der Waals surface area contributed by atoms with Crippen LogP contribution in [-0.4, -0.2) is 36.3 Å². The van der Waals surface area contributed by atoms with Crippen molar-refractivity contribution in [3.8, 4) is 28.1 Å². The highest BCUT2D eigenvalue weighted by atomic mass is 35.5. The largest absolute Gasteiger partial charge is 0.370 e. The van der Waals surface area contributed by atoms with E-state index in [0.29, 0.717) is 30.4 Å². The van der Waals surface area contributed by atoms with Crippen LogP contribution in [0.1, 0.15) is 6.42 Å². The predicted octanol–water partition coefficient (Wildman–Crippen LogP) is 6.04. The summed E-state index contributed by atoms with van der Waals surface area (Å²) in [7, 11) is -3.58. The molecule has 0 amide bonds. The maximum absolute atomic E-state index is 12.4. The Labute approximate surface area is 227 Å². The molecule has 5 aromatic rings. The zero-order valence-electron chi connectivity index (χ0n) is 20.5. The lowest BCUT2D eigenvalue weighted by Crippen LogP contribution is -2.26. The van der Waals surface area contributed by atoms with Gasteiger partial charge in [0.15, 0.2) is 0 Å². The molecular formula is C29H26ClN5O2S. The predicted molar refractivity (Wildman–Crippen MR) is 152 cm³/mol. The highest BCUT2D eigenvalue weighted by Crippen LogP contribution is 2.32. The number of halogens is 1. The fraction of sp³-hybridized carbons (Fsp3) is 0.103. The van der Waals surface area contributed by atoms with E-state index in [1.54, 1.807) is 18.3 Å². The van der Waals surface area contributed by atoms with Gasteiger partial charge in [0.2, 0.25) is 10.0 Å². The van der Waals surface area contributed by atoms with Gasteiger partial charge in [0, 0.05) is 41.6 Å². The molecule has 2 heterocycles. The van der Waals surface area contributed by atoms with Gasteiger partial charge in [-0.15, -0.1) is 0 Å². The average Bonchev–Trinajstić information content (AvgIpc) is 3.40. The second kappa shape index (κ2) is 11.6. The van der Waals surface area contributed by atoms with E-state index in [1.165, 1.54) is 12.1 Å². The van der Waals surface area contributed by atoms with Crippen LogP contribution in [0.4, 0.5) is 5.82 Å². The summed E-state index contributed by atoms with van der Waals surface area (Å²) in [6.07, 6.45) is 4.37. The summed E-state index contributed by atoms with van der Waals surface area (Å²) in [5.74, 6) is 0.703. The van der Waals surface area contributed by atoms with Crippen molar-refractivity contribution in [2.75, 3.05) is 18.4 Å². The SMILES string of the molecule is O=S(=O)(NCCCNc1cc(-c2cn(-c3ccccc3)nc2-c2ccccc2)ccn1)c1ccc(Cl)cc1. The molecule has 0 atom stereocenters. The topological polar surface area (TPSA) is 88.9 Å². The summed E-state index contributed by atoms with van der Waals surface area (Å²) in [5, 5.41) is 8.69. The number of sulfonamides is 1.